The van der Waals surface area contributed by atoms with Crippen LogP contribution in [0.2, 0.25) is 0 Å². The number of hydrogen-bond donors (Lipinski definition) is 1. The standard InChI is InChI=1S/C11H22NO5/c1-9(14)17-10(8-12(2,3)4)7-11(15)16-6-5-13/h10,13H,5-8H2,1-4H3/q+1/t10-/m1/s1. The molecule has 0 amide bonds. The monoisotopic (exact) mass is 248 g/mol. The number of nitrogens with zero attached hydrogens (tertiary/aromatic N) is 1. The van der Waals surface area contributed by atoms with Gasteiger partial charge in [0, 0.05) is 6.92 Å². The van der Waals surface area contributed by atoms with Gasteiger partial charge in [0.05, 0.1) is 34.2 Å². The quantitative estimate of drug-likeness (QED) is 0.488. The zero-order valence-corrected chi connectivity index (χ0v) is 10.9. The summed E-state index contributed by atoms with van der Waals surface area (Å²) in [4.78, 5) is 22.3. The van der Waals surface area contributed by atoms with Crippen molar-refractivity contribution in [2.45, 2.75) is 19.4 Å². The van der Waals surface area contributed by atoms with Crippen molar-refractivity contribution in [3.05, 3.63) is 0 Å². The molecule has 0 aromatic rings. The molecule has 0 aromatic carbocycles. The van der Waals surface area contributed by atoms with Crippen LogP contribution < -0.4 is 0 Å². The third-order valence-corrected chi connectivity index (χ3v) is 1.83. The molecule has 0 spiro atoms. The predicted octanol–water partition coefficient (Wildman–Crippen LogP) is -0.450. The molecular weight excluding hydrogens is 226 g/mol. The molecule has 1 N–H and O–H groups in total. The van der Waals surface area contributed by atoms with Crippen LogP contribution >= 0.6 is 0 Å². The van der Waals surface area contributed by atoms with E-state index in [4.69, 9.17) is 14.6 Å². The van der Waals surface area contributed by atoms with Gasteiger partial charge in [0.15, 0.2) is 6.10 Å². The lowest BCUT2D eigenvalue weighted by atomic mass is 10.2. The summed E-state index contributed by atoms with van der Waals surface area (Å²) in [6.45, 7) is 1.59. The Labute approximate surface area is 102 Å². The van der Waals surface area contributed by atoms with Crippen LogP contribution in [-0.2, 0) is 19.1 Å². The molecular formula is C11H22NO5+. The van der Waals surface area contributed by atoms with E-state index in [1.807, 2.05) is 21.1 Å². The van der Waals surface area contributed by atoms with Gasteiger partial charge in [0.2, 0.25) is 0 Å². The average Bonchev–Trinajstić information content (AvgIpc) is 2.10. The first-order valence-corrected chi connectivity index (χ1v) is 5.49. The highest BCUT2D eigenvalue weighted by Crippen LogP contribution is 2.06. The first-order valence-electron chi connectivity index (χ1n) is 5.49. The molecule has 1 atom stereocenters. The number of carbonyl (C=O) groups excluding carboxylic acids is 2. The SMILES string of the molecule is CC(=O)O[C@H](CC(=O)OCCO)C[N+](C)(C)C. The first-order chi connectivity index (χ1) is 7.74. The van der Waals surface area contributed by atoms with Gasteiger partial charge in [-0.2, -0.15) is 0 Å². The van der Waals surface area contributed by atoms with Gasteiger partial charge in [-0.1, -0.05) is 0 Å². The molecule has 6 heteroatoms. The maximum Gasteiger partial charge on any atom is 0.309 e. The number of aliphatic hydroxyl groups is 1. The van der Waals surface area contributed by atoms with E-state index in [9.17, 15) is 9.59 Å². The fourth-order valence-corrected chi connectivity index (χ4v) is 1.39. The summed E-state index contributed by atoms with van der Waals surface area (Å²) in [5.74, 6) is -0.892. The van der Waals surface area contributed by atoms with Gasteiger partial charge in [-0.15, -0.1) is 0 Å². The Balaban J connectivity index is 4.28. The van der Waals surface area contributed by atoms with Crippen molar-refractivity contribution in [3.63, 3.8) is 0 Å². The minimum absolute atomic E-state index is 0.00903. The number of hydrogen-bond acceptors (Lipinski definition) is 5. The molecule has 17 heavy (non-hydrogen) atoms. The number of rotatable bonds is 7. The second-order valence-electron chi connectivity index (χ2n) is 4.85. The fraction of sp³-hybridized carbons (Fsp3) is 0.818. The Hall–Kier alpha value is -1.14. The smallest absolute Gasteiger partial charge is 0.309 e. The second kappa shape index (κ2) is 7.24. The topological polar surface area (TPSA) is 72.8 Å². The number of esters is 2. The fourth-order valence-electron chi connectivity index (χ4n) is 1.39. The van der Waals surface area contributed by atoms with E-state index >= 15 is 0 Å². The van der Waals surface area contributed by atoms with E-state index in [1.165, 1.54) is 6.92 Å². The second-order valence-corrected chi connectivity index (χ2v) is 4.85. The van der Waals surface area contributed by atoms with Crippen LogP contribution in [0.5, 0.6) is 0 Å². The van der Waals surface area contributed by atoms with E-state index in [2.05, 4.69) is 0 Å². The van der Waals surface area contributed by atoms with Crippen LogP contribution in [0.25, 0.3) is 0 Å². The molecule has 0 aliphatic rings. The molecule has 0 aromatic heterocycles. The molecule has 0 bridgehead atoms. The van der Waals surface area contributed by atoms with E-state index in [0.717, 1.165) is 0 Å². The van der Waals surface area contributed by atoms with Crippen molar-refractivity contribution in [1.29, 1.82) is 0 Å². The summed E-state index contributed by atoms with van der Waals surface area (Å²) in [5.41, 5.74) is 0. The Morgan fingerprint density at radius 2 is 1.88 bits per heavy atom. The molecule has 0 saturated carbocycles. The Kier molecular flexibility index (Phi) is 6.75. The lowest BCUT2D eigenvalue weighted by Crippen LogP contribution is -2.43. The van der Waals surface area contributed by atoms with Crippen molar-refractivity contribution in [3.8, 4) is 0 Å². The summed E-state index contributed by atoms with van der Waals surface area (Å²) < 4.78 is 10.4. The third-order valence-electron chi connectivity index (χ3n) is 1.83. The van der Waals surface area contributed by atoms with E-state index in [1.54, 1.807) is 0 Å². The summed E-state index contributed by atoms with van der Waals surface area (Å²) >= 11 is 0. The number of likely N-dealkylation sites (N-methyl/N-ethyl adjacent to an activating group) is 1. The highest BCUT2D eigenvalue weighted by molar-refractivity contribution is 5.71. The van der Waals surface area contributed by atoms with E-state index < -0.39 is 18.0 Å². The van der Waals surface area contributed by atoms with Gasteiger partial charge in [0.25, 0.3) is 0 Å². The summed E-state index contributed by atoms with van der Waals surface area (Å²) in [5, 5.41) is 8.52. The molecule has 0 saturated heterocycles. The van der Waals surface area contributed by atoms with Crippen LogP contribution in [0.4, 0.5) is 0 Å². The third kappa shape index (κ3) is 9.77. The summed E-state index contributed by atoms with van der Waals surface area (Å²) in [6, 6.07) is 0. The summed E-state index contributed by atoms with van der Waals surface area (Å²) in [6.07, 6.45) is -0.492. The Morgan fingerprint density at radius 3 is 2.29 bits per heavy atom. The first kappa shape index (κ1) is 15.9. The Bertz CT molecular complexity index is 259. The van der Waals surface area contributed by atoms with Crippen molar-refractivity contribution in [2.24, 2.45) is 0 Å². The molecule has 0 rings (SSSR count). The largest absolute Gasteiger partial charge is 0.463 e. The highest BCUT2D eigenvalue weighted by Gasteiger charge is 2.24. The zero-order chi connectivity index (χ0) is 13.5. The number of ether oxygens (including phenoxy) is 2. The number of carbonyl (C=O) groups is 2. The number of aliphatic hydroxyl groups excluding tert-OH is 1. The molecule has 100 valence electrons. The lowest BCUT2D eigenvalue weighted by molar-refractivity contribution is -0.873. The van der Waals surface area contributed by atoms with Crippen molar-refractivity contribution >= 4 is 11.9 Å². The van der Waals surface area contributed by atoms with E-state index in [-0.39, 0.29) is 19.6 Å². The number of quaternary nitrogens is 1. The average molecular weight is 248 g/mol. The molecule has 0 fully saturated rings. The van der Waals surface area contributed by atoms with Crippen LogP contribution in [0.3, 0.4) is 0 Å². The van der Waals surface area contributed by atoms with Crippen LogP contribution in [0.1, 0.15) is 13.3 Å². The van der Waals surface area contributed by atoms with Crippen molar-refractivity contribution in [1.82, 2.24) is 0 Å². The van der Waals surface area contributed by atoms with Crippen LogP contribution in [0.15, 0.2) is 0 Å². The van der Waals surface area contributed by atoms with Gasteiger partial charge < -0.3 is 19.1 Å². The molecule has 6 nitrogen and oxygen atoms in total. The molecule has 0 radical (unpaired) electrons. The zero-order valence-electron chi connectivity index (χ0n) is 10.9. The summed E-state index contributed by atoms with van der Waals surface area (Å²) in [7, 11) is 5.82. The normalized spacial score (nSPS) is 13.0. The van der Waals surface area contributed by atoms with Crippen LogP contribution in [-0.4, -0.2) is 68.5 Å². The van der Waals surface area contributed by atoms with Crippen molar-refractivity contribution < 1.29 is 28.7 Å². The maximum absolute atomic E-state index is 11.3. The maximum atomic E-state index is 11.3. The molecule has 0 heterocycles. The molecule has 0 aliphatic carbocycles. The van der Waals surface area contributed by atoms with Gasteiger partial charge in [-0.25, -0.2) is 0 Å². The van der Waals surface area contributed by atoms with Gasteiger partial charge in [0.1, 0.15) is 13.2 Å². The lowest BCUT2D eigenvalue weighted by Gasteiger charge is -2.28. The van der Waals surface area contributed by atoms with Crippen LogP contribution in [0, 0.1) is 0 Å². The van der Waals surface area contributed by atoms with Crippen molar-refractivity contribution in [2.75, 3.05) is 40.9 Å². The Morgan fingerprint density at radius 1 is 1.29 bits per heavy atom. The van der Waals surface area contributed by atoms with Gasteiger partial charge >= 0.3 is 11.9 Å². The van der Waals surface area contributed by atoms with E-state index in [0.29, 0.717) is 11.0 Å². The van der Waals surface area contributed by atoms with Gasteiger partial charge in [-0.3, -0.25) is 9.59 Å². The molecule has 0 unspecified atom stereocenters. The molecule has 0 aliphatic heterocycles. The van der Waals surface area contributed by atoms with Gasteiger partial charge in [-0.05, 0) is 0 Å². The highest BCUT2D eigenvalue weighted by atomic mass is 16.6. The predicted molar refractivity (Wildman–Crippen MR) is 61.1 cm³/mol. The minimum atomic E-state index is -0.501. The minimum Gasteiger partial charge on any atom is -0.463 e.